The molecular formula is C12H20N6O. The normalized spacial score (nSPS) is 11.7. The van der Waals surface area contributed by atoms with Crippen LogP contribution in [0.15, 0.2) is 10.7 Å². The van der Waals surface area contributed by atoms with Gasteiger partial charge in [0.2, 0.25) is 5.89 Å². The van der Waals surface area contributed by atoms with E-state index in [1.165, 1.54) is 0 Å². The van der Waals surface area contributed by atoms with Crippen LogP contribution in [-0.4, -0.2) is 31.2 Å². The first-order valence-electron chi connectivity index (χ1n) is 6.49. The third-order valence-electron chi connectivity index (χ3n) is 2.57. The molecule has 0 atom stereocenters. The van der Waals surface area contributed by atoms with Crippen molar-refractivity contribution in [1.82, 2.24) is 30.5 Å². The summed E-state index contributed by atoms with van der Waals surface area (Å²) in [4.78, 5) is 4.31. The van der Waals surface area contributed by atoms with Crippen LogP contribution >= 0.6 is 0 Å². The predicted molar refractivity (Wildman–Crippen MR) is 69.5 cm³/mol. The zero-order valence-electron chi connectivity index (χ0n) is 11.8. The molecule has 0 aliphatic rings. The highest BCUT2D eigenvalue weighted by Gasteiger charge is 2.11. The van der Waals surface area contributed by atoms with E-state index in [-0.39, 0.29) is 5.92 Å². The molecule has 0 aromatic carbocycles. The molecule has 7 nitrogen and oxygen atoms in total. The number of hydrogen-bond acceptors (Lipinski definition) is 6. The van der Waals surface area contributed by atoms with Crippen LogP contribution in [0.1, 0.15) is 51.0 Å². The second-order valence-corrected chi connectivity index (χ2v) is 5.14. The van der Waals surface area contributed by atoms with E-state index in [4.69, 9.17) is 4.52 Å². The molecule has 2 rings (SSSR count). The highest BCUT2D eigenvalue weighted by atomic mass is 16.5. The largest absolute Gasteiger partial charge is 0.337 e. The quantitative estimate of drug-likeness (QED) is 0.847. The van der Waals surface area contributed by atoms with Gasteiger partial charge in [-0.05, 0) is 0 Å². The highest BCUT2D eigenvalue weighted by Crippen LogP contribution is 2.10. The van der Waals surface area contributed by atoms with E-state index in [9.17, 15) is 0 Å². The molecule has 19 heavy (non-hydrogen) atoms. The van der Waals surface area contributed by atoms with Crippen LogP contribution in [0.5, 0.6) is 0 Å². The number of nitrogens with zero attached hydrogens (tertiary/aromatic N) is 5. The maximum Gasteiger partial charge on any atom is 0.248 e. The van der Waals surface area contributed by atoms with Gasteiger partial charge in [0.25, 0.3) is 0 Å². The van der Waals surface area contributed by atoms with Crippen molar-refractivity contribution in [2.24, 2.45) is 0 Å². The number of aromatic nitrogens is 5. The van der Waals surface area contributed by atoms with Crippen molar-refractivity contribution in [1.29, 1.82) is 0 Å². The summed E-state index contributed by atoms with van der Waals surface area (Å²) in [6.45, 7) is 9.40. The number of rotatable bonds is 6. The SMILES string of the molecule is CC(C)NCc1cn(Cc2nc(C(C)C)no2)nn1. The molecule has 1 N–H and O–H groups in total. The first-order valence-corrected chi connectivity index (χ1v) is 6.49. The summed E-state index contributed by atoms with van der Waals surface area (Å²) < 4.78 is 6.88. The first kappa shape index (κ1) is 13.7. The Labute approximate surface area is 112 Å². The van der Waals surface area contributed by atoms with E-state index < -0.39 is 0 Å². The minimum absolute atomic E-state index is 0.263. The van der Waals surface area contributed by atoms with Gasteiger partial charge in [0.15, 0.2) is 5.82 Å². The standard InChI is InChI=1S/C12H20N6O/c1-8(2)12-14-11(19-16-12)7-18-6-10(15-17-18)5-13-9(3)4/h6,8-9,13H,5,7H2,1-4H3. The third kappa shape index (κ3) is 3.85. The fourth-order valence-corrected chi connectivity index (χ4v) is 1.51. The van der Waals surface area contributed by atoms with Crippen molar-refractivity contribution in [3.8, 4) is 0 Å². The van der Waals surface area contributed by atoms with Crippen LogP contribution in [0.3, 0.4) is 0 Å². The molecule has 104 valence electrons. The van der Waals surface area contributed by atoms with E-state index >= 15 is 0 Å². The molecule has 0 saturated carbocycles. The van der Waals surface area contributed by atoms with Gasteiger partial charge in [0.1, 0.15) is 6.54 Å². The van der Waals surface area contributed by atoms with Gasteiger partial charge >= 0.3 is 0 Å². The Kier molecular flexibility index (Phi) is 4.26. The topological polar surface area (TPSA) is 81.7 Å². The molecule has 0 aliphatic carbocycles. The summed E-state index contributed by atoms with van der Waals surface area (Å²) in [6, 6.07) is 0.426. The van der Waals surface area contributed by atoms with Gasteiger partial charge in [-0.15, -0.1) is 5.10 Å². The maximum atomic E-state index is 5.17. The van der Waals surface area contributed by atoms with Crippen molar-refractivity contribution >= 4 is 0 Å². The molecule has 7 heteroatoms. The smallest absolute Gasteiger partial charge is 0.248 e. The van der Waals surface area contributed by atoms with Crippen LogP contribution in [0.25, 0.3) is 0 Å². The van der Waals surface area contributed by atoms with Crippen LogP contribution < -0.4 is 5.32 Å². The van der Waals surface area contributed by atoms with Crippen molar-refractivity contribution in [3.63, 3.8) is 0 Å². The summed E-state index contributed by atoms with van der Waals surface area (Å²) in [5.41, 5.74) is 0.900. The van der Waals surface area contributed by atoms with E-state index in [0.717, 1.165) is 11.5 Å². The molecule has 0 saturated heterocycles. The second kappa shape index (κ2) is 5.92. The lowest BCUT2D eigenvalue weighted by Gasteiger charge is -2.03. The lowest BCUT2D eigenvalue weighted by atomic mass is 10.2. The summed E-state index contributed by atoms with van der Waals surface area (Å²) in [5.74, 6) is 1.54. The van der Waals surface area contributed by atoms with Crippen LogP contribution in [-0.2, 0) is 13.1 Å². The number of hydrogen-bond donors (Lipinski definition) is 1. The van der Waals surface area contributed by atoms with E-state index in [0.29, 0.717) is 25.0 Å². The maximum absolute atomic E-state index is 5.17. The van der Waals surface area contributed by atoms with Gasteiger partial charge in [-0.25, -0.2) is 4.68 Å². The summed E-state index contributed by atoms with van der Waals surface area (Å²) >= 11 is 0. The Morgan fingerprint density at radius 2 is 2.11 bits per heavy atom. The zero-order chi connectivity index (χ0) is 13.8. The van der Waals surface area contributed by atoms with Gasteiger partial charge in [-0.3, -0.25) is 0 Å². The molecule has 2 aromatic rings. The van der Waals surface area contributed by atoms with E-state index in [1.54, 1.807) is 4.68 Å². The zero-order valence-corrected chi connectivity index (χ0v) is 11.8. The molecule has 0 unspecified atom stereocenters. The Morgan fingerprint density at radius 1 is 1.32 bits per heavy atom. The molecule has 2 aromatic heterocycles. The predicted octanol–water partition coefficient (Wildman–Crippen LogP) is 1.33. The molecule has 0 aliphatic heterocycles. The first-order chi connectivity index (χ1) is 9.04. The molecule has 0 amide bonds. The van der Waals surface area contributed by atoms with Gasteiger partial charge in [-0.2, -0.15) is 4.98 Å². The lowest BCUT2D eigenvalue weighted by molar-refractivity contribution is 0.358. The van der Waals surface area contributed by atoms with Crippen LogP contribution in [0.2, 0.25) is 0 Å². The Morgan fingerprint density at radius 3 is 2.74 bits per heavy atom. The second-order valence-electron chi connectivity index (χ2n) is 5.14. The van der Waals surface area contributed by atoms with Crippen molar-refractivity contribution < 1.29 is 4.52 Å². The minimum atomic E-state index is 0.263. The molecule has 0 spiro atoms. The fraction of sp³-hybridized carbons (Fsp3) is 0.667. The fourth-order valence-electron chi connectivity index (χ4n) is 1.51. The van der Waals surface area contributed by atoms with Gasteiger partial charge < -0.3 is 9.84 Å². The molecule has 0 radical (unpaired) electrons. The lowest BCUT2D eigenvalue weighted by Crippen LogP contribution is -2.21. The van der Waals surface area contributed by atoms with Gasteiger partial charge in [0.05, 0.1) is 11.9 Å². The van der Waals surface area contributed by atoms with Crippen molar-refractivity contribution in [2.75, 3.05) is 0 Å². The summed E-state index contributed by atoms with van der Waals surface area (Å²) in [5, 5.41) is 15.3. The third-order valence-corrected chi connectivity index (χ3v) is 2.57. The van der Waals surface area contributed by atoms with E-state index in [1.807, 2.05) is 20.0 Å². The molecule has 0 bridgehead atoms. The Hall–Kier alpha value is -1.76. The summed E-state index contributed by atoms with van der Waals surface area (Å²) in [7, 11) is 0. The average molecular weight is 264 g/mol. The minimum Gasteiger partial charge on any atom is -0.337 e. The Balaban J connectivity index is 1.95. The van der Waals surface area contributed by atoms with Crippen molar-refractivity contribution in [3.05, 3.63) is 23.6 Å². The molecule has 0 fully saturated rings. The van der Waals surface area contributed by atoms with Gasteiger partial charge in [-0.1, -0.05) is 38.1 Å². The monoisotopic (exact) mass is 264 g/mol. The van der Waals surface area contributed by atoms with E-state index in [2.05, 4.69) is 39.6 Å². The van der Waals surface area contributed by atoms with Crippen LogP contribution in [0.4, 0.5) is 0 Å². The Bertz CT molecular complexity index is 516. The number of nitrogens with one attached hydrogen (secondary N) is 1. The average Bonchev–Trinajstić information content (AvgIpc) is 2.96. The van der Waals surface area contributed by atoms with Crippen LogP contribution in [0, 0.1) is 0 Å². The molecular weight excluding hydrogens is 244 g/mol. The highest BCUT2D eigenvalue weighted by molar-refractivity contribution is 4.95. The molecule has 2 heterocycles. The van der Waals surface area contributed by atoms with Gasteiger partial charge in [0, 0.05) is 18.5 Å². The van der Waals surface area contributed by atoms with Crippen molar-refractivity contribution in [2.45, 2.75) is 52.7 Å². The summed E-state index contributed by atoms with van der Waals surface area (Å²) in [6.07, 6.45) is 1.88.